The lowest BCUT2D eigenvalue weighted by Gasteiger charge is -2.10. The maximum Gasteiger partial charge on any atom is 0.164 e. The van der Waals surface area contributed by atoms with Gasteiger partial charge in [0.15, 0.2) is 17.5 Å². The molecule has 0 bridgehead atoms. The van der Waals surface area contributed by atoms with E-state index in [0.717, 1.165) is 33.2 Å². The van der Waals surface area contributed by atoms with E-state index < -0.39 is 0 Å². The summed E-state index contributed by atoms with van der Waals surface area (Å²) in [6.45, 7) is 0. The molecule has 0 aliphatic carbocycles. The van der Waals surface area contributed by atoms with E-state index in [2.05, 4.69) is 133 Å². The molecule has 0 fully saturated rings. The minimum absolute atomic E-state index is 0.659. The Hall–Kier alpha value is -5.19. The third-order valence-corrected chi connectivity index (χ3v) is 8.66. The van der Waals surface area contributed by atoms with Gasteiger partial charge in [-0.05, 0) is 58.3 Å². The lowest BCUT2D eigenvalue weighted by atomic mass is 10.0. The zero-order valence-electron chi connectivity index (χ0n) is 22.0. The lowest BCUT2D eigenvalue weighted by Crippen LogP contribution is -2.00. The molecular weight excluding hydrogens is 518 g/mol. The summed E-state index contributed by atoms with van der Waals surface area (Å²) in [5.41, 5.74) is 5.19. The van der Waals surface area contributed by atoms with Crippen molar-refractivity contribution in [1.82, 2.24) is 15.0 Å². The van der Waals surface area contributed by atoms with Gasteiger partial charge in [-0.15, -0.1) is 11.3 Å². The summed E-state index contributed by atoms with van der Waals surface area (Å²) in [5.74, 6) is 1.99. The number of rotatable bonds is 4. The molecule has 0 unspecified atom stereocenters. The molecule has 192 valence electrons. The first-order valence-corrected chi connectivity index (χ1v) is 14.4. The maximum atomic E-state index is 5.05. The van der Waals surface area contributed by atoms with Crippen LogP contribution in [0.2, 0.25) is 0 Å². The van der Waals surface area contributed by atoms with Crippen LogP contribution in [0.5, 0.6) is 0 Å². The van der Waals surface area contributed by atoms with Crippen LogP contribution in [-0.4, -0.2) is 15.0 Å². The molecule has 0 amide bonds. The second-order valence-electron chi connectivity index (χ2n) is 10.1. The van der Waals surface area contributed by atoms with Crippen molar-refractivity contribution in [1.29, 1.82) is 0 Å². The Morgan fingerprint density at radius 3 is 1.76 bits per heavy atom. The molecule has 0 spiro atoms. The quantitative estimate of drug-likeness (QED) is 0.222. The van der Waals surface area contributed by atoms with Crippen molar-refractivity contribution in [2.75, 3.05) is 0 Å². The third-order valence-electron chi connectivity index (χ3n) is 7.51. The molecular formula is C37H23N3S. The zero-order valence-corrected chi connectivity index (χ0v) is 22.8. The van der Waals surface area contributed by atoms with Gasteiger partial charge in [-0.25, -0.2) is 15.0 Å². The van der Waals surface area contributed by atoms with Gasteiger partial charge in [-0.1, -0.05) is 103 Å². The summed E-state index contributed by atoms with van der Waals surface area (Å²) in [7, 11) is 0. The van der Waals surface area contributed by atoms with Gasteiger partial charge in [0.25, 0.3) is 0 Å². The van der Waals surface area contributed by atoms with Gasteiger partial charge < -0.3 is 0 Å². The zero-order chi connectivity index (χ0) is 27.2. The van der Waals surface area contributed by atoms with Crippen LogP contribution in [0.15, 0.2) is 140 Å². The van der Waals surface area contributed by atoms with Crippen LogP contribution < -0.4 is 0 Å². The minimum atomic E-state index is 0.659. The van der Waals surface area contributed by atoms with Crippen LogP contribution in [-0.2, 0) is 0 Å². The Labute approximate surface area is 241 Å². The molecule has 8 aromatic rings. The average molecular weight is 542 g/mol. The van der Waals surface area contributed by atoms with Gasteiger partial charge >= 0.3 is 0 Å². The predicted octanol–water partition coefficient (Wildman–Crippen LogP) is 10.1. The topological polar surface area (TPSA) is 38.7 Å². The molecule has 6 aromatic carbocycles. The number of nitrogens with zero attached hydrogens (tertiary/aromatic N) is 3. The monoisotopic (exact) mass is 541 g/mol. The van der Waals surface area contributed by atoms with E-state index in [1.54, 1.807) is 0 Å². The van der Waals surface area contributed by atoms with E-state index in [9.17, 15) is 0 Å². The second kappa shape index (κ2) is 9.77. The van der Waals surface area contributed by atoms with Crippen LogP contribution in [0.1, 0.15) is 0 Å². The van der Waals surface area contributed by atoms with E-state index in [4.69, 9.17) is 15.0 Å². The molecule has 0 radical (unpaired) electrons. The van der Waals surface area contributed by atoms with E-state index in [1.807, 2.05) is 17.4 Å². The maximum absolute atomic E-state index is 5.05. The number of fused-ring (bicyclic) bond motifs is 4. The first-order valence-electron chi connectivity index (χ1n) is 13.6. The van der Waals surface area contributed by atoms with Gasteiger partial charge in [0.2, 0.25) is 0 Å². The molecule has 8 rings (SSSR count). The van der Waals surface area contributed by atoms with Crippen LogP contribution in [0, 0.1) is 0 Å². The SMILES string of the molecule is c1ccc(-c2cccc(-c3nc(-c4ccc5ccccc5c4)nc(-c4ccc5sc6ccccc6c5c4)n3)c2)cc1. The average Bonchev–Trinajstić information content (AvgIpc) is 3.43. The number of thiophene rings is 1. The van der Waals surface area contributed by atoms with Gasteiger partial charge in [0.1, 0.15) is 0 Å². The van der Waals surface area contributed by atoms with Crippen molar-refractivity contribution < 1.29 is 0 Å². The lowest BCUT2D eigenvalue weighted by molar-refractivity contribution is 1.08. The number of aromatic nitrogens is 3. The largest absolute Gasteiger partial charge is 0.208 e. The van der Waals surface area contributed by atoms with Crippen LogP contribution in [0.3, 0.4) is 0 Å². The van der Waals surface area contributed by atoms with E-state index in [1.165, 1.54) is 25.6 Å². The summed E-state index contributed by atoms with van der Waals surface area (Å²) in [6, 6.07) is 48.7. The Morgan fingerprint density at radius 2 is 0.927 bits per heavy atom. The highest BCUT2D eigenvalue weighted by molar-refractivity contribution is 7.25. The minimum Gasteiger partial charge on any atom is -0.208 e. The van der Waals surface area contributed by atoms with Crippen molar-refractivity contribution >= 4 is 42.3 Å². The van der Waals surface area contributed by atoms with E-state index in [0.29, 0.717) is 17.5 Å². The molecule has 2 heterocycles. The fraction of sp³-hybridized carbons (Fsp3) is 0. The fourth-order valence-electron chi connectivity index (χ4n) is 5.43. The van der Waals surface area contributed by atoms with Crippen molar-refractivity contribution in [2.45, 2.75) is 0 Å². The highest BCUT2D eigenvalue weighted by atomic mass is 32.1. The first-order chi connectivity index (χ1) is 20.3. The molecule has 0 N–H and O–H groups in total. The second-order valence-corrected chi connectivity index (χ2v) is 11.2. The summed E-state index contributed by atoms with van der Waals surface area (Å²) in [4.78, 5) is 15.1. The van der Waals surface area contributed by atoms with Crippen molar-refractivity contribution in [3.63, 3.8) is 0 Å². The summed E-state index contributed by atoms with van der Waals surface area (Å²) >= 11 is 1.81. The van der Waals surface area contributed by atoms with Gasteiger partial charge in [-0.3, -0.25) is 0 Å². The van der Waals surface area contributed by atoms with Gasteiger partial charge in [0.05, 0.1) is 0 Å². The molecule has 0 atom stereocenters. The Bertz CT molecular complexity index is 2220. The summed E-state index contributed by atoms with van der Waals surface area (Å²) in [5, 5.41) is 4.83. The van der Waals surface area contributed by atoms with Gasteiger partial charge in [0, 0.05) is 36.9 Å². The smallest absolute Gasteiger partial charge is 0.164 e. The Balaban J connectivity index is 1.33. The Morgan fingerprint density at radius 1 is 0.341 bits per heavy atom. The molecule has 0 saturated heterocycles. The van der Waals surface area contributed by atoms with Crippen molar-refractivity contribution in [3.8, 4) is 45.3 Å². The van der Waals surface area contributed by atoms with Gasteiger partial charge in [-0.2, -0.15) is 0 Å². The molecule has 2 aromatic heterocycles. The molecule has 0 aliphatic rings. The van der Waals surface area contributed by atoms with Crippen LogP contribution >= 0.6 is 11.3 Å². The number of hydrogen-bond acceptors (Lipinski definition) is 4. The molecule has 0 saturated carbocycles. The van der Waals surface area contributed by atoms with E-state index in [-0.39, 0.29) is 0 Å². The first kappa shape index (κ1) is 23.7. The standard InChI is InChI=1S/C37H23N3S/c1-2-9-24(10-3-1)27-13-8-14-28(21-27)35-38-36(29-18-17-25-11-4-5-12-26(25)22-29)40-37(39-35)30-19-20-34-32(23-30)31-15-6-7-16-33(31)41-34/h1-23H. The van der Waals surface area contributed by atoms with Crippen LogP contribution in [0.4, 0.5) is 0 Å². The Kier molecular flexibility index (Phi) is 5.64. The van der Waals surface area contributed by atoms with Crippen molar-refractivity contribution in [2.24, 2.45) is 0 Å². The third kappa shape index (κ3) is 4.35. The number of benzene rings is 6. The van der Waals surface area contributed by atoms with E-state index >= 15 is 0 Å². The molecule has 4 heteroatoms. The molecule has 3 nitrogen and oxygen atoms in total. The molecule has 0 aliphatic heterocycles. The summed E-state index contributed by atoms with van der Waals surface area (Å²) in [6.07, 6.45) is 0. The highest BCUT2D eigenvalue weighted by Crippen LogP contribution is 2.36. The van der Waals surface area contributed by atoms with Crippen molar-refractivity contribution in [3.05, 3.63) is 140 Å². The van der Waals surface area contributed by atoms with Crippen LogP contribution in [0.25, 0.3) is 76.2 Å². The predicted molar refractivity (Wildman–Crippen MR) is 172 cm³/mol. The molecule has 41 heavy (non-hydrogen) atoms. The normalized spacial score (nSPS) is 11.4. The fourth-order valence-corrected chi connectivity index (χ4v) is 6.51. The highest BCUT2D eigenvalue weighted by Gasteiger charge is 2.15. The summed E-state index contributed by atoms with van der Waals surface area (Å²) < 4.78 is 2.54. The number of hydrogen-bond donors (Lipinski definition) is 0.